The van der Waals surface area contributed by atoms with Gasteiger partial charge >= 0.3 is 0 Å². The van der Waals surface area contributed by atoms with E-state index >= 15 is 0 Å². The van der Waals surface area contributed by atoms with Crippen LogP contribution in [-0.2, 0) is 19.1 Å². The highest BCUT2D eigenvalue weighted by Crippen LogP contribution is 2.69. The fourth-order valence-corrected chi connectivity index (χ4v) is 9.93. The maximum atomic E-state index is 14.4. The van der Waals surface area contributed by atoms with E-state index < -0.39 is 23.4 Å². The predicted octanol–water partition coefficient (Wildman–Crippen LogP) is 5.66. The van der Waals surface area contributed by atoms with E-state index in [1.165, 1.54) is 11.8 Å². The van der Waals surface area contributed by atoms with Gasteiger partial charge in [-0.3, -0.25) is 9.59 Å². The van der Waals surface area contributed by atoms with E-state index in [1.54, 1.807) is 12.2 Å². The third-order valence-corrected chi connectivity index (χ3v) is 11.7. The van der Waals surface area contributed by atoms with Crippen LogP contribution in [0.5, 0.6) is 0 Å². The Kier molecular flexibility index (Phi) is 6.24. The Balaban J connectivity index is 1.22. The lowest BCUT2D eigenvalue weighted by atomic mass is 9.46. The molecule has 1 aromatic heterocycles. The van der Waals surface area contributed by atoms with Crippen molar-refractivity contribution in [1.29, 1.82) is 0 Å². The van der Waals surface area contributed by atoms with Gasteiger partial charge in [-0.1, -0.05) is 62.7 Å². The summed E-state index contributed by atoms with van der Waals surface area (Å²) in [6, 6.07) is 7.59. The van der Waals surface area contributed by atoms with Gasteiger partial charge in [-0.2, -0.15) is 0 Å². The third kappa shape index (κ3) is 3.65. The molecule has 1 aromatic carbocycles. The Morgan fingerprint density at radius 2 is 2.08 bits per heavy atom. The van der Waals surface area contributed by atoms with Gasteiger partial charge in [0.15, 0.2) is 29.0 Å². The van der Waals surface area contributed by atoms with Crippen molar-refractivity contribution in [2.75, 3.05) is 5.75 Å². The number of oxazole rings is 1. The summed E-state index contributed by atoms with van der Waals surface area (Å²) >= 11 is 1.30. The molecule has 7 unspecified atom stereocenters. The molecule has 4 aliphatic carbocycles. The maximum absolute atomic E-state index is 14.4. The number of nitrogens with zero attached hydrogens (tertiary/aromatic N) is 1. The summed E-state index contributed by atoms with van der Waals surface area (Å²) in [5.74, 6) is 0.530. The first-order valence-electron chi connectivity index (χ1n) is 14.7. The van der Waals surface area contributed by atoms with Crippen LogP contribution in [0.25, 0.3) is 11.1 Å². The molecule has 0 spiro atoms. The van der Waals surface area contributed by atoms with Crippen LogP contribution in [0.1, 0.15) is 59.3 Å². The van der Waals surface area contributed by atoms with Gasteiger partial charge in [0.2, 0.25) is 0 Å². The second-order valence-electron chi connectivity index (χ2n) is 12.8. The standard InChI is InChI=1S/C32H37NO6S/c1-4-7-27-38-26-15-21-20-11-10-18-14-19(34)12-13-30(18,2)28(20)23(35)16-31(21,3)32(26,39-27)25(36)17-40-29-33-22-8-5-6-9-24(22)37-29/h5-6,8-9,12-14,20-21,23,26-28,35H,4,7,10-11,15-17H2,1-3H3/t20?,21?,23?,26-,27?,28?,30?,31?,32-/m1/s1. The van der Waals surface area contributed by atoms with E-state index in [1.807, 2.05) is 30.3 Å². The Morgan fingerprint density at radius 3 is 2.88 bits per heavy atom. The molecule has 8 heteroatoms. The van der Waals surface area contributed by atoms with Crippen molar-refractivity contribution in [2.45, 2.75) is 88.6 Å². The Morgan fingerprint density at radius 1 is 1.25 bits per heavy atom. The van der Waals surface area contributed by atoms with Gasteiger partial charge in [-0.05, 0) is 68.2 Å². The monoisotopic (exact) mass is 563 g/mol. The van der Waals surface area contributed by atoms with E-state index in [0.29, 0.717) is 17.2 Å². The number of rotatable bonds is 6. The quantitative estimate of drug-likeness (QED) is 0.450. The zero-order chi connectivity index (χ0) is 27.9. The summed E-state index contributed by atoms with van der Waals surface area (Å²) in [6.45, 7) is 6.42. The van der Waals surface area contributed by atoms with Crippen LogP contribution in [0.3, 0.4) is 0 Å². The van der Waals surface area contributed by atoms with Crippen molar-refractivity contribution in [3.05, 3.63) is 48.1 Å². The van der Waals surface area contributed by atoms with E-state index in [2.05, 4.69) is 25.8 Å². The smallest absolute Gasteiger partial charge is 0.257 e. The molecule has 3 saturated carbocycles. The average Bonchev–Trinajstić information content (AvgIpc) is 3.57. The number of hydrogen-bond acceptors (Lipinski definition) is 8. The molecule has 212 valence electrons. The summed E-state index contributed by atoms with van der Waals surface area (Å²) in [4.78, 5) is 31.1. The largest absolute Gasteiger partial charge is 0.431 e. The van der Waals surface area contributed by atoms with Gasteiger partial charge in [0.1, 0.15) is 5.52 Å². The van der Waals surface area contributed by atoms with E-state index in [0.717, 1.165) is 43.2 Å². The number of hydrogen-bond donors (Lipinski definition) is 1. The minimum absolute atomic E-state index is 0.00947. The lowest BCUT2D eigenvalue weighted by molar-refractivity contribution is -0.197. The van der Waals surface area contributed by atoms with Gasteiger partial charge in [0, 0.05) is 16.7 Å². The Hall–Kier alpha value is -2.26. The number of ketones is 2. The molecule has 1 N–H and O–H groups in total. The van der Waals surface area contributed by atoms with Crippen LogP contribution in [0.4, 0.5) is 0 Å². The highest BCUT2D eigenvalue weighted by Gasteiger charge is 2.75. The molecule has 2 aromatic rings. The fourth-order valence-electron chi connectivity index (χ4n) is 9.15. The molecular formula is C32H37NO6S. The van der Waals surface area contributed by atoms with E-state index in [9.17, 15) is 14.7 Å². The minimum Gasteiger partial charge on any atom is -0.431 e. The topological polar surface area (TPSA) is 98.9 Å². The number of carbonyl (C=O) groups excluding carboxylic acids is 2. The number of benzene rings is 1. The summed E-state index contributed by atoms with van der Waals surface area (Å²) in [6.07, 6.45) is 8.58. The molecule has 2 heterocycles. The van der Waals surface area contributed by atoms with Crippen molar-refractivity contribution in [3.63, 3.8) is 0 Å². The van der Waals surface area contributed by atoms with Crippen molar-refractivity contribution < 1.29 is 28.6 Å². The van der Waals surface area contributed by atoms with Gasteiger partial charge in [-0.25, -0.2) is 4.98 Å². The molecule has 0 bridgehead atoms. The van der Waals surface area contributed by atoms with Gasteiger partial charge in [0.05, 0.1) is 18.0 Å². The van der Waals surface area contributed by atoms with Crippen molar-refractivity contribution in [3.8, 4) is 0 Å². The number of fused-ring (bicyclic) bond motifs is 8. The SMILES string of the molecule is CCCC1O[C@@H]2CC3C4CCC5=CC(=O)C=CC5(C)C4C(O)CC3(C)[C@]2(C(=O)CSc2nc3ccccc3o2)O1. The second kappa shape index (κ2) is 9.38. The van der Waals surface area contributed by atoms with Crippen molar-refractivity contribution in [2.24, 2.45) is 28.6 Å². The molecule has 0 radical (unpaired) electrons. The number of ether oxygens (including phenoxy) is 2. The molecular weight excluding hydrogens is 526 g/mol. The lowest BCUT2D eigenvalue weighted by Gasteiger charge is -2.59. The van der Waals surface area contributed by atoms with Gasteiger partial charge in [-0.15, -0.1) is 0 Å². The molecule has 4 fully saturated rings. The first kappa shape index (κ1) is 26.6. The van der Waals surface area contributed by atoms with Gasteiger partial charge in [0.25, 0.3) is 5.22 Å². The van der Waals surface area contributed by atoms with Crippen LogP contribution in [0, 0.1) is 28.6 Å². The number of Topliss-reactive ketones (excluding diaryl/α,β-unsaturated/α-hetero) is 1. The molecule has 1 saturated heterocycles. The molecule has 9 atom stereocenters. The molecule has 5 aliphatic rings. The van der Waals surface area contributed by atoms with Gasteiger partial charge < -0.3 is 19.0 Å². The highest BCUT2D eigenvalue weighted by molar-refractivity contribution is 7.99. The summed E-state index contributed by atoms with van der Waals surface area (Å²) in [5, 5.41) is 12.3. The summed E-state index contributed by atoms with van der Waals surface area (Å²) in [5.41, 5.74) is 0.524. The second-order valence-corrected chi connectivity index (χ2v) is 13.7. The minimum atomic E-state index is -1.13. The van der Waals surface area contributed by atoms with Crippen LogP contribution < -0.4 is 0 Å². The van der Waals surface area contributed by atoms with Crippen LogP contribution in [-0.4, -0.2) is 51.5 Å². The number of allylic oxidation sites excluding steroid dienone is 4. The fraction of sp³-hybridized carbons (Fsp3) is 0.594. The first-order chi connectivity index (χ1) is 19.2. The number of aromatic nitrogens is 1. The summed E-state index contributed by atoms with van der Waals surface area (Å²) < 4.78 is 19.2. The van der Waals surface area contributed by atoms with Crippen LogP contribution in [0.2, 0.25) is 0 Å². The number of carbonyl (C=O) groups is 2. The number of para-hydroxylation sites is 2. The van der Waals surface area contributed by atoms with Crippen LogP contribution in [0.15, 0.2) is 57.7 Å². The Bertz CT molecular complexity index is 1400. The zero-order valence-corrected chi connectivity index (χ0v) is 24.1. The maximum Gasteiger partial charge on any atom is 0.257 e. The molecule has 7 nitrogen and oxygen atoms in total. The summed E-state index contributed by atoms with van der Waals surface area (Å²) in [7, 11) is 0. The predicted molar refractivity (Wildman–Crippen MR) is 151 cm³/mol. The van der Waals surface area contributed by atoms with E-state index in [4.69, 9.17) is 13.9 Å². The average molecular weight is 564 g/mol. The number of thioether (sulfide) groups is 1. The first-order valence-corrected chi connectivity index (χ1v) is 15.7. The van der Waals surface area contributed by atoms with Crippen molar-refractivity contribution >= 4 is 34.4 Å². The molecule has 0 amide bonds. The Labute approximate surface area is 238 Å². The highest BCUT2D eigenvalue weighted by atomic mass is 32.2. The molecule has 7 rings (SSSR count). The third-order valence-electron chi connectivity index (χ3n) is 10.8. The number of aliphatic hydroxyl groups is 1. The van der Waals surface area contributed by atoms with Crippen LogP contribution >= 0.6 is 11.8 Å². The molecule has 1 aliphatic heterocycles. The number of aliphatic hydroxyl groups excluding tert-OH is 1. The lowest BCUT2D eigenvalue weighted by Crippen LogP contribution is -2.63. The zero-order valence-electron chi connectivity index (χ0n) is 23.3. The molecule has 40 heavy (non-hydrogen) atoms. The normalized spacial score (nSPS) is 41.8. The van der Waals surface area contributed by atoms with Crippen molar-refractivity contribution in [1.82, 2.24) is 4.98 Å². The van der Waals surface area contributed by atoms with E-state index in [-0.39, 0.29) is 46.6 Å².